The van der Waals surface area contributed by atoms with Crippen LogP contribution in [0.5, 0.6) is 0 Å². The van der Waals surface area contributed by atoms with Crippen molar-refractivity contribution in [3.8, 4) is 0 Å². The minimum Gasteiger partial charge on any atom is -0.340 e. The van der Waals surface area contributed by atoms with E-state index < -0.39 is 0 Å². The molecule has 7 nitrogen and oxygen atoms in total. The molecule has 0 bridgehead atoms. The predicted molar refractivity (Wildman–Crippen MR) is 113 cm³/mol. The van der Waals surface area contributed by atoms with E-state index in [0.29, 0.717) is 29.0 Å². The second-order valence-electron chi connectivity index (χ2n) is 6.46. The Kier molecular flexibility index (Phi) is 6.95. The Morgan fingerprint density at radius 1 is 1.19 bits per heavy atom. The number of carbonyl (C=O) groups is 1. The lowest BCUT2D eigenvalue weighted by molar-refractivity contribution is -0.117. The zero-order valence-corrected chi connectivity index (χ0v) is 17.0. The van der Waals surface area contributed by atoms with E-state index in [2.05, 4.69) is 55.9 Å². The maximum absolute atomic E-state index is 12.3. The Hall–Kier alpha value is -1.81. The highest BCUT2D eigenvalue weighted by Gasteiger charge is 2.16. The molecule has 9 heteroatoms. The Morgan fingerprint density at radius 3 is 2.67 bits per heavy atom. The summed E-state index contributed by atoms with van der Waals surface area (Å²) in [5, 5.41) is 11.4. The number of amides is 1. The van der Waals surface area contributed by atoms with Gasteiger partial charge in [0.1, 0.15) is 5.82 Å². The van der Waals surface area contributed by atoms with Gasteiger partial charge < -0.3 is 10.6 Å². The minimum absolute atomic E-state index is 0.00415. The molecule has 144 valence electrons. The molecular weight excluding hydrogens is 380 g/mol. The fourth-order valence-electron chi connectivity index (χ4n) is 2.98. The number of nitrogens with zero attached hydrogens (tertiary/aromatic N) is 4. The van der Waals surface area contributed by atoms with Crippen LogP contribution in [0.4, 0.5) is 17.2 Å². The molecule has 1 saturated heterocycles. The van der Waals surface area contributed by atoms with Crippen LogP contribution in [0.15, 0.2) is 40.5 Å². The van der Waals surface area contributed by atoms with Crippen molar-refractivity contribution in [2.45, 2.75) is 29.4 Å². The van der Waals surface area contributed by atoms with Crippen molar-refractivity contribution in [1.29, 1.82) is 0 Å². The van der Waals surface area contributed by atoms with Crippen molar-refractivity contribution in [2.24, 2.45) is 0 Å². The molecule has 3 rings (SSSR count). The van der Waals surface area contributed by atoms with Crippen LogP contribution in [0.25, 0.3) is 0 Å². The molecule has 0 atom stereocenters. The summed E-state index contributed by atoms with van der Waals surface area (Å²) in [6, 6.07) is 9.21. The van der Waals surface area contributed by atoms with Crippen molar-refractivity contribution in [2.75, 3.05) is 37.3 Å². The number of hydrogen-bond acceptors (Lipinski definition) is 8. The average Bonchev–Trinajstić information content (AvgIpc) is 3.14. The molecule has 2 aromatic rings. The molecule has 1 fully saturated rings. The number of hydrogen-bond donors (Lipinski definition) is 4. The van der Waals surface area contributed by atoms with Gasteiger partial charge in [-0.05, 0) is 31.0 Å². The predicted octanol–water partition coefficient (Wildman–Crippen LogP) is 3.07. The second-order valence-corrected chi connectivity index (χ2v) is 7.32. The van der Waals surface area contributed by atoms with Gasteiger partial charge in [0, 0.05) is 50.5 Å². The molecule has 0 radical (unpaired) electrons. The summed E-state index contributed by atoms with van der Waals surface area (Å²) in [6.45, 7) is 2.87. The Labute approximate surface area is 170 Å². The van der Waals surface area contributed by atoms with E-state index in [0.717, 1.165) is 24.5 Å². The number of nitrogens with one attached hydrogen (secondary N) is 2. The van der Waals surface area contributed by atoms with Crippen molar-refractivity contribution >= 4 is 48.4 Å². The SMILES string of the molecule is CN(CCC(=O)Nc1cccc(Nc2cc(S)nc(S)n2)c1)N1CCCC1. The van der Waals surface area contributed by atoms with Gasteiger partial charge in [0.15, 0.2) is 5.16 Å². The van der Waals surface area contributed by atoms with Crippen LogP contribution in [0, 0.1) is 0 Å². The number of rotatable bonds is 7. The summed E-state index contributed by atoms with van der Waals surface area (Å²) in [5.41, 5.74) is 1.54. The van der Waals surface area contributed by atoms with Crippen LogP contribution >= 0.6 is 25.3 Å². The molecule has 1 aliphatic rings. The van der Waals surface area contributed by atoms with Crippen LogP contribution in [-0.4, -0.2) is 52.6 Å². The molecule has 0 saturated carbocycles. The average molecular weight is 405 g/mol. The summed E-state index contributed by atoms with van der Waals surface area (Å²) in [4.78, 5) is 20.5. The van der Waals surface area contributed by atoms with Gasteiger partial charge in [-0.3, -0.25) is 4.79 Å². The first-order valence-corrected chi connectivity index (χ1v) is 9.79. The van der Waals surface area contributed by atoms with E-state index in [4.69, 9.17) is 0 Å². The molecule has 0 aliphatic carbocycles. The number of carbonyl (C=O) groups excluding carboxylic acids is 1. The third-order valence-electron chi connectivity index (χ3n) is 4.35. The molecule has 2 heterocycles. The quantitative estimate of drug-likeness (QED) is 0.323. The van der Waals surface area contributed by atoms with Gasteiger partial charge in [-0.1, -0.05) is 6.07 Å². The summed E-state index contributed by atoms with van der Waals surface area (Å²) in [5.74, 6) is 0.589. The number of hydrazine groups is 1. The van der Waals surface area contributed by atoms with Gasteiger partial charge >= 0.3 is 0 Å². The number of aromatic nitrogens is 2. The van der Waals surface area contributed by atoms with E-state index in [1.807, 2.05) is 31.3 Å². The van der Waals surface area contributed by atoms with Gasteiger partial charge in [0.2, 0.25) is 5.91 Å². The third-order valence-corrected chi connectivity index (χ3v) is 4.78. The van der Waals surface area contributed by atoms with Gasteiger partial charge in [0.25, 0.3) is 0 Å². The lowest BCUT2D eigenvalue weighted by Crippen LogP contribution is -2.39. The van der Waals surface area contributed by atoms with Crippen molar-refractivity contribution in [3.63, 3.8) is 0 Å². The van der Waals surface area contributed by atoms with Crippen molar-refractivity contribution in [3.05, 3.63) is 30.3 Å². The third kappa shape index (κ3) is 6.10. The Bertz CT molecular complexity index is 777. The topological polar surface area (TPSA) is 73.4 Å². The Morgan fingerprint density at radius 2 is 1.93 bits per heavy atom. The van der Waals surface area contributed by atoms with Crippen LogP contribution in [0.2, 0.25) is 0 Å². The number of thiol groups is 2. The molecule has 1 aromatic heterocycles. The molecule has 1 amide bonds. The highest BCUT2D eigenvalue weighted by Crippen LogP contribution is 2.21. The molecule has 0 spiro atoms. The second kappa shape index (κ2) is 9.41. The summed E-state index contributed by atoms with van der Waals surface area (Å²) < 4.78 is 0. The van der Waals surface area contributed by atoms with Crippen LogP contribution < -0.4 is 10.6 Å². The summed E-state index contributed by atoms with van der Waals surface area (Å²) >= 11 is 8.38. The molecular formula is C18H24N6OS2. The first kappa shape index (κ1) is 19.9. The molecule has 27 heavy (non-hydrogen) atoms. The zero-order chi connectivity index (χ0) is 19.2. The minimum atomic E-state index is -0.00415. The van der Waals surface area contributed by atoms with E-state index in [1.165, 1.54) is 12.8 Å². The number of anilines is 3. The van der Waals surface area contributed by atoms with Crippen LogP contribution in [0.3, 0.4) is 0 Å². The molecule has 1 aliphatic heterocycles. The first-order valence-electron chi connectivity index (χ1n) is 8.89. The monoisotopic (exact) mass is 404 g/mol. The van der Waals surface area contributed by atoms with E-state index in [1.54, 1.807) is 6.07 Å². The highest BCUT2D eigenvalue weighted by molar-refractivity contribution is 7.80. The molecule has 0 unspecified atom stereocenters. The summed E-state index contributed by atoms with van der Waals surface area (Å²) in [7, 11) is 2.04. The highest BCUT2D eigenvalue weighted by atomic mass is 32.1. The van der Waals surface area contributed by atoms with Gasteiger partial charge in [-0.15, -0.1) is 25.3 Å². The zero-order valence-electron chi connectivity index (χ0n) is 15.2. The Balaban J connectivity index is 1.54. The normalized spacial score (nSPS) is 14.5. The summed E-state index contributed by atoms with van der Waals surface area (Å²) in [6.07, 6.45) is 2.90. The lowest BCUT2D eigenvalue weighted by Gasteiger charge is -2.27. The fraction of sp³-hybridized carbons (Fsp3) is 0.389. The molecule has 2 N–H and O–H groups in total. The van der Waals surface area contributed by atoms with E-state index >= 15 is 0 Å². The first-order chi connectivity index (χ1) is 13.0. The van der Waals surface area contributed by atoms with Crippen molar-refractivity contribution < 1.29 is 4.79 Å². The van der Waals surface area contributed by atoms with Crippen LogP contribution in [0.1, 0.15) is 19.3 Å². The lowest BCUT2D eigenvalue weighted by atomic mass is 10.2. The smallest absolute Gasteiger partial charge is 0.225 e. The standard InChI is InChI=1S/C18H24N6OS2/c1-23(24-8-2-3-9-24)10-7-16(25)20-14-6-4-5-13(11-14)19-15-12-17(26)22-18(27)21-15/h4-6,11-12H,2-3,7-10H2,1H3,(H,20,25)(H3,19,21,22,26,27). The fourth-order valence-corrected chi connectivity index (χ4v) is 3.49. The maximum Gasteiger partial charge on any atom is 0.225 e. The van der Waals surface area contributed by atoms with E-state index in [9.17, 15) is 4.79 Å². The van der Waals surface area contributed by atoms with Crippen molar-refractivity contribution in [1.82, 2.24) is 20.0 Å². The molecule has 1 aromatic carbocycles. The van der Waals surface area contributed by atoms with Crippen LogP contribution in [-0.2, 0) is 4.79 Å². The van der Waals surface area contributed by atoms with E-state index in [-0.39, 0.29) is 5.91 Å². The van der Waals surface area contributed by atoms with Gasteiger partial charge in [-0.25, -0.2) is 20.0 Å². The largest absolute Gasteiger partial charge is 0.340 e. The number of benzene rings is 1. The van der Waals surface area contributed by atoms with Gasteiger partial charge in [-0.2, -0.15) is 0 Å². The maximum atomic E-state index is 12.3. The van der Waals surface area contributed by atoms with Gasteiger partial charge in [0.05, 0.1) is 5.03 Å².